The molecular weight excluding hydrogens is 568 g/mol. The minimum absolute atomic E-state index is 0.00107. The van der Waals surface area contributed by atoms with Crippen LogP contribution in [0.5, 0.6) is 5.88 Å². The molecule has 1 aromatic carbocycles. The van der Waals surface area contributed by atoms with Gasteiger partial charge in [-0.05, 0) is 36.9 Å². The number of hydrogen-bond donors (Lipinski definition) is 4. The number of rotatable bonds is 6. The van der Waals surface area contributed by atoms with Crippen molar-refractivity contribution in [3.05, 3.63) is 29.0 Å². The van der Waals surface area contributed by atoms with Gasteiger partial charge < -0.3 is 30.0 Å². The number of halogens is 2. The van der Waals surface area contributed by atoms with Crippen LogP contribution in [0, 0.1) is 17.6 Å². The van der Waals surface area contributed by atoms with E-state index in [0.29, 0.717) is 63.0 Å². The molecular formula is C27H29F2N9O5. The quantitative estimate of drug-likeness (QED) is 0.326. The number of H-pyrrole nitrogens is 1. The van der Waals surface area contributed by atoms with Crippen LogP contribution >= 0.6 is 0 Å². The molecule has 2 aromatic heterocycles. The molecule has 7 rings (SSSR count). The highest BCUT2D eigenvalue weighted by Crippen LogP contribution is 2.39. The number of benzene rings is 1. The Kier molecular flexibility index (Phi) is 6.61. The number of likely N-dealkylation sites (N-methyl/N-ethyl adjacent to an activating group) is 1. The molecule has 3 aliphatic heterocycles. The lowest BCUT2D eigenvalue weighted by molar-refractivity contribution is -0.119. The van der Waals surface area contributed by atoms with Crippen molar-refractivity contribution in [2.75, 3.05) is 61.9 Å². The minimum atomic E-state index is -0.688. The Morgan fingerprint density at radius 3 is 2.70 bits per heavy atom. The van der Waals surface area contributed by atoms with Crippen molar-refractivity contribution in [3.63, 3.8) is 0 Å². The molecule has 0 saturated carbocycles. The Bertz CT molecular complexity index is 1610. The third-order valence-corrected chi connectivity index (χ3v) is 8.46. The highest BCUT2D eigenvalue weighted by atomic mass is 19.1. The first-order chi connectivity index (χ1) is 20.7. The van der Waals surface area contributed by atoms with E-state index in [-0.39, 0.29) is 65.4 Å². The van der Waals surface area contributed by atoms with Gasteiger partial charge in [0.25, 0.3) is 11.8 Å². The molecule has 2 fully saturated rings. The number of carbonyl (C=O) groups excluding carboxylic acids is 3. The molecule has 4 N–H and O–H groups in total. The second-order valence-corrected chi connectivity index (χ2v) is 11.4. The van der Waals surface area contributed by atoms with Gasteiger partial charge >= 0.3 is 6.09 Å². The summed E-state index contributed by atoms with van der Waals surface area (Å²) < 4.78 is 42.0. The van der Waals surface area contributed by atoms with Crippen LogP contribution in [0.15, 0.2) is 6.20 Å². The molecule has 2 saturated heterocycles. The maximum Gasteiger partial charge on any atom is 0.416 e. The molecule has 16 heteroatoms. The first kappa shape index (κ1) is 27.4. The highest BCUT2D eigenvalue weighted by molar-refractivity contribution is 5.95. The molecule has 1 unspecified atom stereocenters. The number of anilines is 3. The normalized spacial score (nSPS) is 19.7. The number of aromatic nitrogens is 4. The standard InChI is InChI=1S/C27H29F2N9O5/c1-30-9-17(39)34-25-35-21-19(28)14-6-13(7-15(14)20(29)22(21)36-25)10-37-4-2-27(3-5-37)12-38(26(41)43-27)16-8-31-24-23(32-16)33-18(40)11-42-24/h8,13,30H,2-7,9-12H2,1H3,(H,32,33,40)(H2,34,35,36,39). The van der Waals surface area contributed by atoms with E-state index in [1.807, 2.05) is 0 Å². The van der Waals surface area contributed by atoms with Crippen LogP contribution in [0.3, 0.4) is 0 Å². The Hall–Kier alpha value is -4.44. The van der Waals surface area contributed by atoms with Crippen molar-refractivity contribution in [1.82, 2.24) is 30.2 Å². The van der Waals surface area contributed by atoms with Gasteiger partial charge in [0.15, 0.2) is 29.9 Å². The zero-order valence-corrected chi connectivity index (χ0v) is 23.3. The first-order valence-electron chi connectivity index (χ1n) is 14.1. The van der Waals surface area contributed by atoms with Gasteiger partial charge in [-0.2, -0.15) is 0 Å². The van der Waals surface area contributed by atoms with E-state index < -0.39 is 23.3 Å². The summed E-state index contributed by atoms with van der Waals surface area (Å²) in [5.41, 5.74) is -0.193. The average Bonchev–Trinajstić information content (AvgIpc) is 3.69. The number of nitrogens with zero attached hydrogens (tertiary/aromatic N) is 5. The number of aromatic amines is 1. The third kappa shape index (κ3) is 4.89. The van der Waals surface area contributed by atoms with Gasteiger partial charge in [0.05, 0.1) is 19.3 Å². The van der Waals surface area contributed by atoms with Crippen LogP contribution < -0.4 is 25.6 Å². The van der Waals surface area contributed by atoms with Gasteiger partial charge in [0, 0.05) is 32.5 Å². The van der Waals surface area contributed by atoms with Gasteiger partial charge in [-0.25, -0.2) is 28.5 Å². The maximum absolute atomic E-state index is 15.5. The second-order valence-electron chi connectivity index (χ2n) is 11.4. The number of nitrogens with one attached hydrogen (secondary N) is 4. The Labute approximate surface area is 243 Å². The first-order valence-corrected chi connectivity index (χ1v) is 14.1. The number of likely N-dealkylation sites (tertiary alicyclic amines) is 1. The fourth-order valence-electron chi connectivity index (χ4n) is 6.41. The average molecular weight is 598 g/mol. The summed E-state index contributed by atoms with van der Waals surface area (Å²) in [6, 6.07) is 0. The molecule has 226 valence electrons. The van der Waals surface area contributed by atoms with Gasteiger partial charge in [0.1, 0.15) is 16.6 Å². The van der Waals surface area contributed by atoms with Gasteiger partial charge in [0.2, 0.25) is 11.9 Å². The number of carbonyl (C=O) groups is 3. The predicted octanol–water partition coefficient (Wildman–Crippen LogP) is 1.33. The monoisotopic (exact) mass is 597 g/mol. The van der Waals surface area contributed by atoms with Crippen LogP contribution in [-0.4, -0.2) is 94.7 Å². The van der Waals surface area contributed by atoms with Gasteiger partial charge in [-0.15, -0.1) is 0 Å². The molecule has 0 bridgehead atoms. The van der Waals surface area contributed by atoms with E-state index in [1.54, 1.807) is 7.05 Å². The van der Waals surface area contributed by atoms with Crippen molar-refractivity contribution in [2.24, 2.45) is 5.92 Å². The van der Waals surface area contributed by atoms with Crippen LogP contribution in [-0.2, 0) is 27.2 Å². The molecule has 5 heterocycles. The molecule has 1 atom stereocenters. The Morgan fingerprint density at radius 1 is 1.16 bits per heavy atom. The fraction of sp³-hybridized carbons (Fsp3) is 0.481. The van der Waals surface area contributed by atoms with E-state index in [1.165, 1.54) is 11.1 Å². The number of piperidine rings is 1. The third-order valence-electron chi connectivity index (χ3n) is 8.46. The lowest BCUT2D eigenvalue weighted by Crippen LogP contribution is -2.48. The van der Waals surface area contributed by atoms with Crippen LogP contribution in [0.4, 0.5) is 31.2 Å². The number of hydrogen-bond acceptors (Lipinski definition) is 10. The van der Waals surface area contributed by atoms with E-state index in [4.69, 9.17) is 9.47 Å². The van der Waals surface area contributed by atoms with E-state index in [2.05, 4.69) is 40.8 Å². The topological polar surface area (TPSA) is 167 Å². The summed E-state index contributed by atoms with van der Waals surface area (Å²) in [6.45, 7) is 2.13. The molecule has 14 nitrogen and oxygen atoms in total. The van der Waals surface area contributed by atoms with E-state index >= 15 is 8.78 Å². The SMILES string of the molecule is CNCC(=O)Nc1nc2c(F)c3c(c(F)c2[nH]1)CC(CN1CCC2(CC1)CN(c1cnc4c(n1)NC(=O)CO4)C(=O)O2)C3. The van der Waals surface area contributed by atoms with E-state index in [9.17, 15) is 14.4 Å². The van der Waals surface area contributed by atoms with Crippen LogP contribution in [0.25, 0.3) is 11.0 Å². The minimum Gasteiger partial charge on any atom is -0.465 e. The smallest absolute Gasteiger partial charge is 0.416 e. The molecule has 3 aromatic rings. The largest absolute Gasteiger partial charge is 0.465 e. The molecule has 4 aliphatic rings. The number of ether oxygens (including phenoxy) is 2. The zero-order chi connectivity index (χ0) is 29.9. The van der Waals surface area contributed by atoms with Crippen molar-refractivity contribution < 1.29 is 32.6 Å². The zero-order valence-electron chi connectivity index (χ0n) is 23.3. The summed E-state index contributed by atoms with van der Waals surface area (Å²) in [7, 11) is 1.62. The fourth-order valence-corrected chi connectivity index (χ4v) is 6.41. The van der Waals surface area contributed by atoms with Gasteiger partial charge in [-0.1, -0.05) is 0 Å². The highest BCUT2D eigenvalue weighted by Gasteiger charge is 2.48. The summed E-state index contributed by atoms with van der Waals surface area (Å²) in [4.78, 5) is 55.3. The second kappa shape index (κ2) is 10.4. The van der Waals surface area contributed by atoms with Crippen LogP contribution in [0.1, 0.15) is 24.0 Å². The molecule has 43 heavy (non-hydrogen) atoms. The van der Waals surface area contributed by atoms with Crippen molar-refractivity contribution in [2.45, 2.75) is 31.3 Å². The summed E-state index contributed by atoms with van der Waals surface area (Å²) in [5.74, 6) is -1.20. The van der Waals surface area contributed by atoms with Crippen molar-refractivity contribution in [3.8, 4) is 5.88 Å². The number of fused-ring (bicyclic) bond motifs is 3. The molecule has 3 amide bonds. The van der Waals surface area contributed by atoms with Crippen molar-refractivity contribution in [1.29, 1.82) is 0 Å². The van der Waals surface area contributed by atoms with Crippen molar-refractivity contribution >= 4 is 46.5 Å². The Balaban J connectivity index is 0.983. The van der Waals surface area contributed by atoms with Crippen LogP contribution in [0.2, 0.25) is 0 Å². The predicted molar refractivity (Wildman–Crippen MR) is 148 cm³/mol. The molecule has 1 spiro atoms. The molecule has 0 radical (unpaired) electrons. The summed E-state index contributed by atoms with van der Waals surface area (Å²) in [6.07, 6.45) is 2.83. The Morgan fingerprint density at radius 2 is 1.93 bits per heavy atom. The van der Waals surface area contributed by atoms with Gasteiger partial charge in [-0.3, -0.25) is 19.8 Å². The summed E-state index contributed by atoms with van der Waals surface area (Å²) >= 11 is 0. The lowest BCUT2D eigenvalue weighted by atomic mass is 9.90. The number of imidazole rings is 1. The molecule has 1 aliphatic carbocycles. The summed E-state index contributed by atoms with van der Waals surface area (Å²) in [5, 5.41) is 7.80. The maximum atomic E-state index is 15.5. The van der Waals surface area contributed by atoms with E-state index in [0.717, 1.165) is 0 Å². The number of amides is 3. The lowest BCUT2D eigenvalue weighted by Gasteiger charge is -2.38.